The fourth-order valence-corrected chi connectivity index (χ4v) is 2.79. The Balaban J connectivity index is 2.23. The largest absolute Gasteiger partial charge is 0.385 e. The van der Waals surface area contributed by atoms with Gasteiger partial charge in [-0.1, -0.05) is 31.5 Å². The highest BCUT2D eigenvalue weighted by molar-refractivity contribution is 5.83. The second-order valence-corrected chi connectivity index (χ2v) is 5.06. The summed E-state index contributed by atoms with van der Waals surface area (Å²) < 4.78 is 0. The van der Waals surface area contributed by atoms with Crippen molar-refractivity contribution in [1.29, 1.82) is 0 Å². The van der Waals surface area contributed by atoms with Crippen molar-refractivity contribution in [3.05, 3.63) is 41.6 Å². The van der Waals surface area contributed by atoms with Crippen LogP contribution in [-0.2, 0) is 5.60 Å². The van der Waals surface area contributed by atoms with Gasteiger partial charge in [0, 0.05) is 11.1 Å². The lowest BCUT2D eigenvalue weighted by molar-refractivity contribution is 0.132. The minimum Gasteiger partial charge on any atom is -0.385 e. The highest BCUT2D eigenvalue weighted by Gasteiger charge is 2.53. The summed E-state index contributed by atoms with van der Waals surface area (Å²) in [6.45, 7) is 4.13. The minimum atomic E-state index is -0.609. The molecule has 0 aliphatic heterocycles. The van der Waals surface area contributed by atoms with Gasteiger partial charge in [-0.3, -0.25) is 4.98 Å². The number of aromatic nitrogens is 1. The van der Waals surface area contributed by atoms with Crippen LogP contribution < -0.4 is 0 Å². The van der Waals surface area contributed by atoms with Crippen LogP contribution in [0.3, 0.4) is 0 Å². The van der Waals surface area contributed by atoms with Crippen LogP contribution >= 0.6 is 0 Å². The zero-order valence-corrected chi connectivity index (χ0v) is 10.3. The Morgan fingerprint density at radius 3 is 2.88 bits per heavy atom. The van der Waals surface area contributed by atoms with E-state index in [-0.39, 0.29) is 0 Å². The van der Waals surface area contributed by atoms with Gasteiger partial charge in [-0.25, -0.2) is 0 Å². The summed E-state index contributed by atoms with van der Waals surface area (Å²) in [6.07, 6.45) is 1.92. The second-order valence-electron chi connectivity index (χ2n) is 5.06. The van der Waals surface area contributed by atoms with Gasteiger partial charge in [-0.2, -0.15) is 0 Å². The molecular formula is C15H17NO. The van der Waals surface area contributed by atoms with Crippen LogP contribution in [0.25, 0.3) is 10.9 Å². The van der Waals surface area contributed by atoms with Gasteiger partial charge >= 0.3 is 0 Å². The van der Waals surface area contributed by atoms with E-state index in [1.165, 1.54) is 0 Å². The molecule has 1 aliphatic carbocycles. The maximum Gasteiger partial charge on any atom is 0.0936 e. The fraction of sp³-hybridized carbons (Fsp3) is 0.400. The number of benzene rings is 1. The van der Waals surface area contributed by atoms with Gasteiger partial charge in [0.05, 0.1) is 11.1 Å². The molecule has 0 bridgehead atoms. The lowest BCUT2D eigenvalue weighted by Crippen LogP contribution is -2.10. The first-order valence-corrected chi connectivity index (χ1v) is 6.24. The van der Waals surface area contributed by atoms with Crippen LogP contribution in [0.4, 0.5) is 0 Å². The first kappa shape index (κ1) is 10.7. The van der Waals surface area contributed by atoms with E-state index in [9.17, 15) is 5.11 Å². The van der Waals surface area contributed by atoms with E-state index in [1.54, 1.807) is 0 Å². The number of hydrogen-bond donors (Lipinski definition) is 1. The average molecular weight is 227 g/mol. The molecule has 17 heavy (non-hydrogen) atoms. The zero-order valence-electron chi connectivity index (χ0n) is 10.3. The molecule has 2 nitrogen and oxygen atoms in total. The zero-order chi connectivity index (χ0) is 12.0. The van der Waals surface area contributed by atoms with Gasteiger partial charge < -0.3 is 5.11 Å². The summed E-state index contributed by atoms with van der Waals surface area (Å²) >= 11 is 0. The predicted molar refractivity (Wildman–Crippen MR) is 68.8 cm³/mol. The van der Waals surface area contributed by atoms with Crippen molar-refractivity contribution in [2.45, 2.75) is 32.3 Å². The number of pyridine rings is 1. The van der Waals surface area contributed by atoms with E-state index in [0.717, 1.165) is 35.0 Å². The quantitative estimate of drug-likeness (QED) is 0.854. The second kappa shape index (κ2) is 3.54. The van der Waals surface area contributed by atoms with E-state index >= 15 is 0 Å². The molecule has 2 atom stereocenters. The molecule has 2 aromatic rings. The smallest absolute Gasteiger partial charge is 0.0936 e. The molecule has 1 saturated carbocycles. The Morgan fingerprint density at radius 2 is 2.18 bits per heavy atom. The van der Waals surface area contributed by atoms with Gasteiger partial charge in [0.2, 0.25) is 0 Å². The van der Waals surface area contributed by atoms with Crippen molar-refractivity contribution in [3.63, 3.8) is 0 Å². The molecule has 1 aromatic heterocycles. The van der Waals surface area contributed by atoms with Crippen LogP contribution in [0.2, 0.25) is 0 Å². The molecule has 0 saturated heterocycles. The Hall–Kier alpha value is -1.41. The van der Waals surface area contributed by atoms with Gasteiger partial charge in [0.15, 0.2) is 0 Å². The average Bonchev–Trinajstić information content (AvgIpc) is 3.01. The summed E-state index contributed by atoms with van der Waals surface area (Å²) in [7, 11) is 0. The molecule has 1 fully saturated rings. The molecule has 88 valence electrons. The third kappa shape index (κ3) is 1.55. The Bertz CT molecular complexity index is 578. The first-order valence-electron chi connectivity index (χ1n) is 6.24. The molecule has 0 amide bonds. The van der Waals surface area contributed by atoms with Crippen LogP contribution in [0, 0.1) is 12.8 Å². The lowest BCUT2D eigenvalue weighted by atomic mass is 9.99. The normalized spacial score (nSPS) is 27.4. The summed E-state index contributed by atoms with van der Waals surface area (Å²) in [4.78, 5) is 4.52. The number of rotatable bonds is 2. The molecule has 2 heteroatoms. The molecule has 0 spiro atoms. The molecule has 1 aliphatic rings. The molecule has 1 heterocycles. The highest BCUT2D eigenvalue weighted by atomic mass is 16.3. The van der Waals surface area contributed by atoms with Crippen LogP contribution in [-0.4, -0.2) is 10.1 Å². The summed E-state index contributed by atoms with van der Waals surface area (Å²) in [5, 5.41) is 11.7. The maximum absolute atomic E-state index is 10.7. The molecular weight excluding hydrogens is 210 g/mol. The number of para-hydroxylation sites is 1. The highest BCUT2D eigenvalue weighted by Crippen LogP contribution is 2.55. The summed E-state index contributed by atoms with van der Waals surface area (Å²) in [5.41, 5.74) is 2.42. The van der Waals surface area contributed by atoms with Crippen LogP contribution in [0.15, 0.2) is 30.3 Å². The van der Waals surface area contributed by atoms with Crippen molar-refractivity contribution in [2.24, 2.45) is 5.92 Å². The third-order valence-electron chi connectivity index (χ3n) is 3.88. The minimum absolute atomic E-state index is 0.410. The van der Waals surface area contributed by atoms with Crippen molar-refractivity contribution in [1.82, 2.24) is 4.98 Å². The molecule has 2 unspecified atom stereocenters. The number of hydrogen-bond acceptors (Lipinski definition) is 2. The van der Waals surface area contributed by atoms with E-state index in [4.69, 9.17) is 0 Å². The van der Waals surface area contributed by atoms with Crippen molar-refractivity contribution in [3.8, 4) is 0 Å². The summed E-state index contributed by atoms with van der Waals surface area (Å²) in [5.74, 6) is 0.410. The fourth-order valence-electron chi connectivity index (χ4n) is 2.79. The van der Waals surface area contributed by atoms with E-state index in [2.05, 4.69) is 18.0 Å². The molecule has 1 aromatic carbocycles. The summed E-state index contributed by atoms with van der Waals surface area (Å²) in [6, 6.07) is 10.1. The van der Waals surface area contributed by atoms with Crippen molar-refractivity contribution in [2.75, 3.05) is 0 Å². The molecule has 3 rings (SSSR count). The Morgan fingerprint density at radius 1 is 1.41 bits per heavy atom. The van der Waals surface area contributed by atoms with E-state index < -0.39 is 5.60 Å². The van der Waals surface area contributed by atoms with Crippen LogP contribution in [0.5, 0.6) is 0 Å². The number of aryl methyl sites for hydroxylation is 1. The number of fused-ring (bicyclic) bond motifs is 1. The van der Waals surface area contributed by atoms with Gasteiger partial charge in [-0.15, -0.1) is 0 Å². The predicted octanol–water partition coefficient (Wildman–Crippen LogP) is 3.16. The third-order valence-corrected chi connectivity index (χ3v) is 3.88. The number of nitrogens with zero attached hydrogens (tertiary/aromatic N) is 1. The lowest BCUT2D eigenvalue weighted by Gasteiger charge is -2.14. The number of aliphatic hydroxyl groups is 1. The maximum atomic E-state index is 10.7. The van der Waals surface area contributed by atoms with Crippen molar-refractivity contribution < 1.29 is 5.11 Å². The van der Waals surface area contributed by atoms with E-state index in [0.29, 0.717) is 5.92 Å². The van der Waals surface area contributed by atoms with Crippen molar-refractivity contribution >= 4 is 10.9 Å². The van der Waals surface area contributed by atoms with Gasteiger partial charge in [-0.05, 0) is 37.0 Å². The Kier molecular flexibility index (Phi) is 2.23. The van der Waals surface area contributed by atoms with Gasteiger partial charge in [0.1, 0.15) is 0 Å². The van der Waals surface area contributed by atoms with E-state index in [1.807, 2.05) is 31.2 Å². The van der Waals surface area contributed by atoms with Crippen LogP contribution in [0.1, 0.15) is 31.0 Å². The molecule has 1 N–H and O–H groups in total. The SMILES string of the molecule is CCC1CC1(O)c1cc(C)nc2ccccc12. The monoisotopic (exact) mass is 227 g/mol. The van der Waals surface area contributed by atoms with Gasteiger partial charge in [0.25, 0.3) is 0 Å². The topological polar surface area (TPSA) is 33.1 Å². The molecule has 0 radical (unpaired) electrons. The first-order chi connectivity index (χ1) is 8.15. The Labute approximate surface area is 101 Å². The standard InChI is InChI=1S/C15H17NO/c1-3-11-9-15(11,17)13-8-10(2)16-14-7-5-4-6-12(13)14/h4-8,11,17H,3,9H2,1-2H3.